The highest BCUT2D eigenvalue weighted by atomic mass is 16.5. The number of carbonyl (C=O) groups is 2. The number of benzene rings is 1. The van der Waals surface area contributed by atoms with Gasteiger partial charge in [0.05, 0.1) is 38.6 Å². The van der Waals surface area contributed by atoms with Crippen molar-refractivity contribution in [3.63, 3.8) is 0 Å². The van der Waals surface area contributed by atoms with E-state index in [0.717, 1.165) is 29.8 Å². The smallest absolute Gasteiger partial charge is 0.242 e. The van der Waals surface area contributed by atoms with Gasteiger partial charge in [-0.1, -0.05) is 31.0 Å². The van der Waals surface area contributed by atoms with Crippen LogP contribution in [-0.2, 0) is 27.5 Å². The lowest BCUT2D eigenvalue weighted by Crippen LogP contribution is -2.40. The summed E-state index contributed by atoms with van der Waals surface area (Å²) in [6.07, 6.45) is 6.58. The molecule has 2 fully saturated rings. The summed E-state index contributed by atoms with van der Waals surface area (Å²) in [5.74, 6) is 1.21. The maximum atomic E-state index is 13.1. The van der Waals surface area contributed by atoms with E-state index < -0.39 is 0 Å². The van der Waals surface area contributed by atoms with E-state index in [2.05, 4.69) is 4.98 Å². The molecule has 2 heterocycles. The lowest BCUT2D eigenvalue weighted by Gasteiger charge is -2.25. The lowest BCUT2D eigenvalue weighted by atomic mass is 10.0. The number of hydrogen-bond acceptors (Lipinski definition) is 5. The SMILES string of the molecule is COc1cccc(CO[C@H]2CN(C(=O)CC3CCCC3)CC(=O)N(Cc3ccccn3)C2)c1. The Balaban J connectivity index is 1.46. The van der Waals surface area contributed by atoms with Gasteiger partial charge in [0.1, 0.15) is 5.75 Å². The van der Waals surface area contributed by atoms with Gasteiger partial charge in [0, 0.05) is 25.7 Å². The Kier molecular flexibility index (Phi) is 7.94. The van der Waals surface area contributed by atoms with Crippen LogP contribution in [0.1, 0.15) is 43.4 Å². The Labute approximate surface area is 195 Å². The Bertz CT molecular complexity index is 930. The van der Waals surface area contributed by atoms with E-state index in [1.54, 1.807) is 23.1 Å². The molecule has 1 aromatic carbocycles. The van der Waals surface area contributed by atoms with E-state index in [1.165, 1.54) is 12.8 Å². The largest absolute Gasteiger partial charge is 0.497 e. The molecule has 1 saturated heterocycles. The van der Waals surface area contributed by atoms with Gasteiger partial charge in [-0.2, -0.15) is 0 Å². The molecule has 33 heavy (non-hydrogen) atoms. The monoisotopic (exact) mass is 451 g/mol. The molecule has 1 atom stereocenters. The van der Waals surface area contributed by atoms with E-state index >= 15 is 0 Å². The predicted molar refractivity (Wildman–Crippen MR) is 124 cm³/mol. The highest BCUT2D eigenvalue weighted by Crippen LogP contribution is 2.28. The first-order valence-corrected chi connectivity index (χ1v) is 11.8. The van der Waals surface area contributed by atoms with Gasteiger partial charge < -0.3 is 19.3 Å². The van der Waals surface area contributed by atoms with Gasteiger partial charge in [0.25, 0.3) is 0 Å². The molecule has 0 radical (unpaired) electrons. The van der Waals surface area contributed by atoms with Crippen LogP contribution in [0.5, 0.6) is 5.75 Å². The molecule has 1 aliphatic heterocycles. The maximum absolute atomic E-state index is 13.1. The average Bonchev–Trinajstić information content (AvgIpc) is 3.29. The molecule has 4 rings (SSSR count). The molecule has 7 heteroatoms. The molecule has 0 unspecified atom stereocenters. The number of carbonyl (C=O) groups excluding carboxylic acids is 2. The maximum Gasteiger partial charge on any atom is 0.242 e. The minimum absolute atomic E-state index is 0.0601. The summed E-state index contributed by atoms with van der Waals surface area (Å²) in [5, 5.41) is 0. The summed E-state index contributed by atoms with van der Waals surface area (Å²) in [4.78, 5) is 34.0. The molecule has 7 nitrogen and oxygen atoms in total. The summed E-state index contributed by atoms with van der Waals surface area (Å²) >= 11 is 0. The van der Waals surface area contributed by atoms with E-state index in [1.807, 2.05) is 42.5 Å². The van der Waals surface area contributed by atoms with Crippen molar-refractivity contribution in [1.82, 2.24) is 14.8 Å². The van der Waals surface area contributed by atoms with Crippen LogP contribution in [0.3, 0.4) is 0 Å². The first kappa shape index (κ1) is 23.2. The third-order valence-corrected chi connectivity index (χ3v) is 6.52. The van der Waals surface area contributed by atoms with Crippen molar-refractivity contribution in [2.75, 3.05) is 26.7 Å². The molecule has 1 aromatic heterocycles. The van der Waals surface area contributed by atoms with Crippen molar-refractivity contribution in [2.24, 2.45) is 5.92 Å². The van der Waals surface area contributed by atoms with Gasteiger partial charge in [-0.25, -0.2) is 0 Å². The quantitative estimate of drug-likeness (QED) is 0.615. The van der Waals surface area contributed by atoms with Crippen LogP contribution in [0, 0.1) is 5.92 Å². The molecule has 2 aromatic rings. The Morgan fingerprint density at radius 2 is 1.97 bits per heavy atom. The van der Waals surface area contributed by atoms with Gasteiger partial charge in [0.15, 0.2) is 0 Å². The zero-order valence-electron chi connectivity index (χ0n) is 19.3. The van der Waals surface area contributed by atoms with Crippen molar-refractivity contribution in [3.8, 4) is 5.75 Å². The standard InChI is InChI=1S/C26H33N3O4/c1-32-23-11-6-9-21(13-23)19-33-24-16-28(15-22-10-4-5-12-27-22)26(31)18-29(17-24)25(30)14-20-7-2-3-8-20/h4-6,9-13,20,24H,2-3,7-8,14-19H2,1H3/t24-/m1/s1. The normalized spacial score (nSPS) is 19.5. The van der Waals surface area contributed by atoms with E-state index in [0.29, 0.717) is 38.6 Å². The minimum atomic E-state index is -0.279. The van der Waals surface area contributed by atoms with Crippen molar-refractivity contribution in [3.05, 3.63) is 59.9 Å². The fraction of sp³-hybridized carbons (Fsp3) is 0.500. The minimum Gasteiger partial charge on any atom is -0.497 e. The Morgan fingerprint density at radius 1 is 1.12 bits per heavy atom. The fourth-order valence-corrected chi connectivity index (χ4v) is 4.68. The van der Waals surface area contributed by atoms with E-state index in [9.17, 15) is 9.59 Å². The van der Waals surface area contributed by atoms with Crippen LogP contribution in [0.2, 0.25) is 0 Å². The second-order valence-electron chi connectivity index (χ2n) is 9.01. The summed E-state index contributed by atoms with van der Waals surface area (Å²) in [5.41, 5.74) is 1.81. The Hall–Kier alpha value is -2.93. The molecule has 0 bridgehead atoms. The topological polar surface area (TPSA) is 72.0 Å². The van der Waals surface area contributed by atoms with Crippen LogP contribution in [0.4, 0.5) is 0 Å². The lowest BCUT2D eigenvalue weighted by molar-refractivity contribution is -0.139. The Morgan fingerprint density at radius 3 is 2.73 bits per heavy atom. The zero-order chi connectivity index (χ0) is 23.0. The number of hydrogen-bond donors (Lipinski definition) is 0. The summed E-state index contributed by atoms with van der Waals surface area (Å²) in [6.45, 7) is 1.73. The summed E-state index contributed by atoms with van der Waals surface area (Å²) in [7, 11) is 1.64. The van der Waals surface area contributed by atoms with Gasteiger partial charge in [-0.05, 0) is 48.6 Å². The van der Waals surface area contributed by atoms with Crippen molar-refractivity contribution < 1.29 is 19.1 Å². The van der Waals surface area contributed by atoms with Gasteiger partial charge in [-0.15, -0.1) is 0 Å². The number of methoxy groups -OCH3 is 1. The van der Waals surface area contributed by atoms with Gasteiger partial charge >= 0.3 is 0 Å². The van der Waals surface area contributed by atoms with Crippen LogP contribution in [0.15, 0.2) is 48.7 Å². The van der Waals surface area contributed by atoms with Crippen molar-refractivity contribution >= 4 is 11.8 Å². The first-order valence-electron chi connectivity index (χ1n) is 11.8. The zero-order valence-corrected chi connectivity index (χ0v) is 19.3. The third kappa shape index (κ3) is 6.54. The highest BCUT2D eigenvalue weighted by Gasteiger charge is 2.32. The van der Waals surface area contributed by atoms with Crippen LogP contribution in [-0.4, -0.2) is 59.4 Å². The molecular weight excluding hydrogens is 418 g/mol. The number of ether oxygens (including phenoxy) is 2. The number of nitrogens with zero attached hydrogens (tertiary/aromatic N) is 3. The molecular formula is C26H33N3O4. The van der Waals surface area contributed by atoms with Crippen LogP contribution < -0.4 is 4.74 Å². The third-order valence-electron chi connectivity index (χ3n) is 6.52. The van der Waals surface area contributed by atoms with Crippen molar-refractivity contribution in [2.45, 2.75) is 51.4 Å². The molecule has 0 N–H and O–H groups in total. The molecule has 2 aliphatic rings. The van der Waals surface area contributed by atoms with Crippen LogP contribution in [0.25, 0.3) is 0 Å². The predicted octanol–water partition coefficient (Wildman–Crippen LogP) is 3.43. The molecule has 2 amide bonds. The molecule has 0 spiro atoms. The highest BCUT2D eigenvalue weighted by molar-refractivity contribution is 5.85. The number of aromatic nitrogens is 1. The average molecular weight is 452 g/mol. The number of amides is 2. The van der Waals surface area contributed by atoms with Crippen LogP contribution >= 0.6 is 0 Å². The summed E-state index contributed by atoms with van der Waals surface area (Å²) < 4.78 is 11.6. The van der Waals surface area contributed by atoms with E-state index in [-0.39, 0.29) is 24.5 Å². The molecule has 176 valence electrons. The number of rotatable bonds is 8. The van der Waals surface area contributed by atoms with Crippen molar-refractivity contribution in [1.29, 1.82) is 0 Å². The van der Waals surface area contributed by atoms with Gasteiger partial charge in [-0.3, -0.25) is 14.6 Å². The van der Waals surface area contributed by atoms with Gasteiger partial charge in [0.2, 0.25) is 11.8 Å². The molecule has 1 saturated carbocycles. The van der Waals surface area contributed by atoms with E-state index in [4.69, 9.17) is 9.47 Å². The second kappa shape index (κ2) is 11.3. The molecule has 1 aliphatic carbocycles. The summed E-state index contributed by atoms with van der Waals surface area (Å²) in [6, 6.07) is 13.4. The number of pyridine rings is 1. The first-order chi connectivity index (χ1) is 16.1. The fourth-order valence-electron chi connectivity index (χ4n) is 4.68. The second-order valence-corrected chi connectivity index (χ2v) is 9.01.